The third-order valence-corrected chi connectivity index (χ3v) is 1.87. The van der Waals surface area contributed by atoms with E-state index in [1.165, 1.54) is 12.1 Å². The van der Waals surface area contributed by atoms with Gasteiger partial charge in [-0.1, -0.05) is 11.8 Å². The van der Waals surface area contributed by atoms with Crippen LogP contribution in [0.15, 0.2) is 18.2 Å². The molecular weight excluding hydrogens is 221 g/mol. The monoisotopic (exact) mass is 231 g/mol. The minimum Gasteiger partial charge on any atom is -0.462 e. The van der Waals surface area contributed by atoms with Crippen LogP contribution in [-0.4, -0.2) is 12.6 Å². The standard InChI is InChI=1S/C13H10FNO2/c1-2-17-13(16)12-7-6-11(14)9-10(12)5-3-4-8-15/h6-7,9H,2,4H2,1H3. The molecule has 0 unspecified atom stereocenters. The second-order valence-electron chi connectivity index (χ2n) is 3.05. The maximum Gasteiger partial charge on any atom is 0.339 e. The lowest BCUT2D eigenvalue weighted by atomic mass is 10.1. The van der Waals surface area contributed by atoms with E-state index in [0.717, 1.165) is 6.07 Å². The highest BCUT2D eigenvalue weighted by Gasteiger charge is 2.11. The first-order valence-corrected chi connectivity index (χ1v) is 5.01. The zero-order valence-corrected chi connectivity index (χ0v) is 9.29. The van der Waals surface area contributed by atoms with E-state index in [0.29, 0.717) is 0 Å². The zero-order valence-electron chi connectivity index (χ0n) is 9.29. The van der Waals surface area contributed by atoms with Crippen molar-refractivity contribution in [2.75, 3.05) is 6.61 Å². The van der Waals surface area contributed by atoms with Crippen molar-refractivity contribution >= 4 is 5.97 Å². The zero-order chi connectivity index (χ0) is 12.7. The van der Waals surface area contributed by atoms with Crippen molar-refractivity contribution in [1.82, 2.24) is 0 Å². The summed E-state index contributed by atoms with van der Waals surface area (Å²) in [6.45, 7) is 1.92. The first kappa shape index (κ1) is 12.7. The minimum atomic E-state index is -0.547. The first-order valence-electron chi connectivity index (χ1n) is 5.01. The van der Waals surface area contributed by atoms with Gasteiger partial charge in [-0.25, -0.2) is 9.18 Å². The lowest BCUT2D eigenvalue weighted by Crippen LogP contribution is -2.07. The Labute approximate surface area is 98.8 Å². The van der Waals surface area contributed by atoms with Gasteiger partial charge in [0, 0.05) is 5.56 Å². The van der Waals surface area contributed by atoms with Gasteiger partial charge in [-0.15, -0.1) is 0 Å². The molecule has 0 N–H and O–H groups in total. The molecule has 0 aromatic heterocycles. The third-order valence-electron chi connectivity index (χ3n) is 1.87. The van der Waals surface area contributed by atoms with Crippen molar-refractivity contribution in [2.45, 2.75) is 13.3 Å². The van der Waals surface area contributed by atoms with Crippen molar-refractivity contribution < 1.29 is 13.9 Å². The molecule has 17 heavy (non-hydrogen) atoms. The van der Waals surface area contributed by atoms with E-state index in [1.54, 1.807) is 6.92 Å². The van der Waals surface area contributed by atoms with Gasteiger partial charge in [0.15, 0.2) is 0 Å². The quantitative estimate of drug-likeness (QED) is 0.579. The van der Waals surface area contributed by atoms with E-state index in [1.807, 2.05) is 6.07 Å². The molecule has 0 saturated carbocycles. The van der Waals surface area contributed by atoms with Gasteiger partial charge in [-0.05, 0) is 25.1 Å². The summed E-state index contributed by atoms with van der Waals surface area (Å²) < 4.78 is 17.8. The Kier molecular flexibility index (Phi) is 4.72. The predicted octanol–water partition coefficient (Wildman–Crippen LogP) is 2.27. The first-order chi connectivity index (χ1) is 8.19. The smallest absolute Gasteiger partial charge is 0.339 e. The van der Waals surface area contributed by atoms with Crippen LogP contribution in [0.1, 0.15) is 29.3 Å². The van der Waals surface area contributed by atoms with Gasteiger partial charge in [-0.3, -0.25) is 0 Å². The molecule has 1 aromatic carbocycles. The summed E-state index contributed by atoms with van der Waals surface area (Å²) in [7, 11) is 0. The van der Waals surface area contributed by atoms with Gasteiger partial charge in [0.25, 0.3) is 0 Å². The molecule has 0 fully saturated rings. The summed E-state index contributed by atoms with van der Waals surface area (Å²) in [6.07, 6.45) is 0.0266. The maximum atomic E-state index is 13.0. The lowest BCUT2D eigenvalue weighted by Gasteiger charge is -2.04. The number of hydrogen-bond donors (Lipinski definition) is 0. The van der Waals surface area contributed by atoms with E-state index < -0.39 is 11.8 Å². The number of hydrogen-bond acceptors (Lipinski definition) is 3. The van der Waals surface area contributed by atoms with Gasteiger partial charge >= 0.3 is 5.97 Å². The summed E-state index contributed by atoms with van der Waals surface area (Å²) in [6, 6.07) is 5.48. The summed E-state index contributed by atoms with van der Waals surface area (Å²) in [5.41, 5.74) is 0.442. The predicted molar refractivity (Wildman–Crippen MR) is 59.5 cm³/mol. The SMILES string of the molecule is CCOC(=O)c1ccc(F)cc1C#CCC#N. The van der Waals surface area contributed by atoms with Crippen LogP contribution in [0.4, 0.5) is 4.39 Å². The molecule has 0 heterocycles. The van der Waals surface area contributed by atoms with Crippen LogP contribution in [-0.2, 0) is 4.74 Å². The molecule has 0 amide bonds. The van der Waals surface area contributed by atoms with Crippen LogP contribution in [0.25, 0.3) is 0 Å². The number of rotatable bonds is 2. The second-order valence-corrected chi connectivity index (χ2v) is 3.05. The van der Waals surface area contributed by atoms with Crippen molar-refractivity contribution in [2.24, 2.45) is 0 Å². The van der Waals surface area contributed by atoms with E-state index in [-0.39, 0.29) is 24.2 Å². The number of nitrogens with zero attached hydrogens (tertiary/aromatic N) is 1. The Hall–Kier alpha value is -2.33. The summed E-state index contributed by atoms with van der Waals surface area (Å²) in [4.78, 5) is 11.5. The molecule has 4 heteroatoms. The van der Waals surface area contributed by atoms with Gasteiger partial charge in [0.05, 0.1) is 24.7 Å². The summed E-state index contributed by atoms with van der Waals surface area (Å²) >= 11 is 0. The molecule has 0 aliphatic heterocycles. The molecule has 0 radical (unpaired) electrons. The van der Waals surface area contributed by atoms with E-state index in [4.69, 9.17) is 10.00 Å². The van der Waals surface area contributed by atoms with Crippen LogP contribution in [0, 0.1) is 29.0 Å². The number of carbonyl (C=O) groups is 1. The Balaban J connectivity index is 3.10. The Morgan fingerprint density at radius 2 is 2.29 bits per heavy atom. The van der Waals surface area contributed by atoms with E-state index >= 15 is 0 Å². The highest BCUT2D eigenvalue weighted by atomic mass is 19.1. The van der Waals surface area contributed by atoms with Crippen molar-refractivity contribution in [3.8, 4) is 17.9 Å². The summed E-state index contributed by atoms with van der Waals surface area (Å²) in [5.74, 6) is 4.08. The Morgan fingerprint density at radius 3 is 2.94 bits per heavy atom. The van der Waals surface area contributed by atoms with Crippen LogP contribution in [0.3, 0.4) is 0 Å². The molecule has 0 saturated heterocycles. The van der Waals surface area contributed by atoms with Gasteiger partial charge in [0.2, 0.25) is 0 Å². The van der Waals surface area contributed by atoms with Gasteiger partial charge < -0.3 is 4.74 Å². The normalized spacial score (nSPS) is 8.76. The number of esters is 1. The molecule has 0 bridgehead atoms. The molecule has 0 aliphatic carbocycles. The van der Waals surface area contributed by atoms with Gasteiger partial charge in [-0.2, -0.15) is 5.26 Å². The fraction of sp³-hybridized carbons (Fsp3) is 0.231. The third kappa shape index (κ3) is 3.62. The Bertz CT molecular complexity index is 520. The van der Waals surface area contributed by atoms with E-state index in [2.05, 4.69) is 11.8 Å². The highest BCUT2D eigenvalue weighted by Crippen LogP contribution is 2.11. The molecule has 1 aromatic rings. The Morgan fingerprint density at radius 1 is 1.53 bits per heavy atom. The van der Waals surface area contributed by atoms with Crippen LogP contribution in [0.2, 0.25) is 0 Å². The van der Waals surface area contributed by atoms with Crippen molar-refractivity contribution in [1.29, 1.82) is 5.26 Å². The average Bonchev–Trinajstić information content (AvgIpc) is 2.30. The minimum absolute atomic E-state index is 0.0266. The number of carbonyl (C=O) groups excluding carboxylic acids is 1. The van der Waals surface area contributed by atoms with Crippen molar-refractivity contribution in [3.63, 3.8) is 0 Å². The topological polar surface area (TPSA) is 50.1 Å². The molecule has 1 rings (SSSR count). The maximum absolute atomic E-state index is 13.0. The summed E-state index contributed by atoms with van der Waals surface area (Å²) in [5, 5.41) is 8.34. The fourth-order valence-electron chi connectivity index (χ4n) is 1.19. The average molecular weight is 231 g/mol. The number of nitriles is 1. The molecule has 3 nitrogen and oxygen atoms in total. The number of benzene rings is 1. The second kappa shape index (κ2) is 6.30. The number of ether oxygens (including phenoxy) is 1. The fourth-order valence-corrected chi connectivity index (χ4v) is 1.19. The van der Waals surface area contributed by atoms with Crippen molar-refractivity contribution in [3.05, 3.63) is 35.1 Å². The molecule has 0 spiro atoms. The highest BCUT2D eigenvalue weighted by molar-refractivity contribution is 5.92. The molecular formula is C13H10FNO2. The molecule has 86 valence electrons. The van der Waals surface area contributed by atoms with Crippen LogP contribution < -0.4 is 0 Å². The van der Waals surface area contributed by atoms with Crippen LogP contribution >= 0.6 is 0 Å². The van der Waals surface area contributed by atoms with Crippen LogP contribution in [0.5, 0.6) is 0 Å². The van der Waals surface area contributed by atoms with E-state index in [9.17, 15) is 9.18 Å². The molecule has 0 aliphatic rings. The lowest BCUT2D eigenvalue weighted by molar-refractivity contribution is 0.0526. The largest absolute Gasteiger partial charge is 0.462 e. The van der Waals surface area contributed by atoms with Gasteiger partial charge in [0.1, 0.15) is 5.82 Å². The molecule has 0 atom stereocenters. The number of halogens is 1.